The monoisotopic (exact) mass is 706 g/mol. The molecule has 2 bridgehead atoms. The number of nitrogens with one attached hydrogen (secondary N) is 3. The van der Waals surface area contributed by atoms with E-state index in [-0.39, 0.29) is 24.4 Å². The molecule has 3 N–H and O–H groups in total. The minimum Gasteiger partial charge on any atom is -0.456 e. The van der Waals surface area contributed by atoms with Gasteiger partial charge in [0.2, 0.25) is 5.91 Å². The van der Waals surface area contributed by atoms with Gasteiger partial charge in [-0.05, 0) is 60.9 Å². The maximum absolute atomic E-state index is 14.5. The van der Waals surface area contributed by atoms with E-state index in [4.69, 9.17) is 4.74 Å². The van der Waals surface area contributed by atoms with Gasteiger partial charge in [0.1, 0.15) is 17.8 Å². The van der Waals surface area contributed by atoms with Crippen LogP contribution < -0.4 is 16.0 Å². The van der Waals surface area contributed by atoms with Crippen molar-refractivity contribution < 1.29 is 28.3 Å². The molecule has 0 saturated heterocycles. The summed E-state index contributed by atoms with van der Waals surface area (Å²) >= 11 is 1.78. The van der Waals surface area contributed by atoms with E-state index in [0.717, 1.165) is 22.8 Å². The number of fused-ring (bicyclic) bond motifs is 2. The number of pyridine rings is 1. The highest BCUT2D eigenvalue weighted by Gasteiger charge is 2.36. The van der Waals surface area contributed by atoms with Gasteiger partial charge in [0, 0.05) is 0 Å². The van der Waals surface area contributed by atoms with Crippen molar-refractivity contribution in [3.05, 3.63) is 161 Å². The Balaban J connectivity index is 1.36. The molecular weight excluding hydrogens is 668 g/mol. The van der Waals surface area contributed by atoms with Crippen molar-refractivity contribution in [1.82, 2.24) is 20.9 Å². The van der Waals surface area contributed by atoms with Crippen molar-refractivity contribution >= 4 is 35.5 Å². The Morgan fingerprint density at radius 2 is 1.45 bits per heavy atom. The number of aromatic nitrogens is 1. The van der Waals surface area contributed by atoms with Gasteiger partial charge in [0.05, 0.1) is 23.4 Å². The number of carbonyl (C=O) groups excluding carboxylic acids is 4. The van der Waals surface area contributed by atoms with Crippen LogP contribution in [-0.4, -0.2) is 46.6 Å². The molecule has 1 aliphatic rings. The third-order valence-electron chi connectivity index (χ3n) is 8.22. The number of hydrogen-bond acceptors (Lipinski definition) is 7. The predicted octanol–water partition coefficient (Wildman–Crippen LogP) is 5.96. The summed E-state index contributed by atoms with van der Waals surface area (Å²) in [6.07, 6.45) is 4.31. The van der Waals surface area contributed by atoms with Crippen LogP contribution in [0.2, 0.25) is 0 Å². The zero-order chi connectivity index (χ0) is 36.2. The van der Waals surface area contributed by atoms with Crippen LogP contribution in [0.5, 0.6) is 0 Å². The predicted molar refractivity (Wildman–Crippen MR) is 195 cm³/mol. The molecule has 0 saturated carbocycles. The lowest BCUT2D eigenvalue weighted by atomic mass is 9.84. The van der Waals surface area contributed by atoms with E-state index in [1.165, 1.54) is 26.0 Å². The van der Waals surface area contributed by atoms with Gasteiger partial charge in [0.15, 0.2) is 11.5 Å². The maximum Gasteiger partial charge on any atom is 0.328 e. The molecule has 4 aromatic rings. The summed E-state index contributed by atoms with van der Waals surface area (Å²) < 4.78 is 19.7. The summed E-state index contributed by atoms with van der Waals surface area (Å²) in [6.45, 7) is 2.83. The lowest BCUT2D eigenvalue weighted by Crippen LogP contribution is -2.44. The molecule has 1 aliphatic heterocycles. The highest BCUT2D eigenvalue weighted by Crippen LogP contribution is 2.48. The fraction of sp³-hybridized carbons (Fsp3) is 0.225. The molecule has 9 nitrogen and oxygen atoms in total. The normalized spacial score (nSPS) is 18.5. The Kier molecular flexibility index (Phi) is 12.5. The fourth-order valence-electron chi connectivity index (χ4n) is 5.66. The number of nitrogens with zero attached hydrogens (tertiary/aromatic N) is 1. The number of rotatable bonds is 8. The van der Waals surface area contributed by atoms with Crippen LogP contribution in [-0.2, 0) is 30.4 Å². The average molecular weight is 707 g/mol. The van der Waals surface area contributed by atoms with Crippen LogP contribution in [0, 0.1) is 5.82 Å². The van der Waals surface area contributed by atoms with Crippen LogP contribution in [0.4, 0.5) is 4.39 Å². The SMILES string of the molecule is C/C=C1\NC(=O)c2nc(ccc2F)CNC(=O)C[C@@H](/C=C/CCSC(c2ccccc2)(c2ccccc2)c2ccccc2)OC(=O)[C@H](C)NC1=O. The summed E-state index contributed by atoms with van der Waals surface area (Å²) in [5, 5.41) is 7.52. The first-order valence-electron chi connectivity index (χ1n) is 16.6. The number of benzene rings is 3. The Bertz CT molecular complexity index is 1810. The van der Waals surface area contributed by atoms with Gasteiger partial charge in [-0.1, -0.05) is 103 Å². The van der Waals surface area contributed by atoms with Crippen molar-refractivity contribution in [2.24, 2.45) is 0 Å². The number of amides is 3. The molecule has 3 aromatic carbocycles. The minimum atomic E-state index is -1.13. The topological polar surface area (TPSA) is 126 Å². The van der Waals surface area contributed by atoms with Gasteiger partial charge < -0.3 is 20.7 Å². The first kappa shape index (κ1) is 36.7. The molecule has 0 unspecified atom stereocenters. The van der Waals surface area contributed by atoms with E-state index in [9.17, 15) is 23.6 Å². The summed E-state index contributed by atoms with van der Waals surface area (Å²) in [5.74, 6) is -3.18. The van der Waals surface area contributed by atoms with Crippen molar-refractivity contribution in [3.8, 4) is 0 Å². The van der Waals surface area contributed by atoms with E-state index in [0.29, 0.717) is 12.2 Å². The summed E-state index contributed by atoms with van der Waals surface area (Å²) in [6, 6.07) is 32.3. The number of hydrogen-bond donors (Lipinski definition) is 3. The summed E-state index contributed by atoms with van der Waals surface area (Å²) in [7, 11) is 0. The molecule has 11 heteroatoms. The Hall–Kier alpha value is -5.55. The van der Waals surface area contributed by atoms with Gasteiger partial charge in [0.25, 0.3) is 11.8 Å². The van der Waals surface area contributed by atoms with E-state index < -0.39 is 52.1 Å². The third kappa shape index (κ3) is 9.17. The van der Waals surface area contributed by atoms with Crippen molar-refractivity contribution in [2.45, 2.75) is 50.1 Å². The standard InChI is InChI=1S/C40H39FN4O5S/c1-3-34-37(47)43-27(2)39(49)50-32(25-35(46)42-26-31-22-23-33(41)36(44-31)38(48)45-34)21-13-14-24-51-40(28-15-7-4-8-16-28,29-17-9-5-10-18-29)30-19-11-6-12-20-30/h3-13,15-23,27,32H,14,24-26H2,1-2H3,(H,42,46)(H,43,47)(H,45,48)/b21-13+,34-3-/t27-,32+/m0/s1. The first-order chi connectivity index (χ1) is 24.7. The molecule has 262 valence electrons. The third-order valence-corrected chi connectivity index (χ3v) is 9.80. The largest absolute Gasteiger partial charge is 0.456 e. The minimum absolute atomic E-state index is 0.103. The molecule has 2 atom stereocenters. The van der Waals surface area contributed by atoms with Gasteiger partial charge in [-0.15, -0.1) is 11.8 Å². The lowest BCUT2D eigenvalue weighted by molar-refractivity contribution is -0.151. The zero-order valence-electron chi connectivity index (χ0n) is 28.3. The van der Waals surface area contributed by atoms with Crippen LogP contribution in [0.15, 0.2) is 127 Å². The number of ether oxygens (including phenoxy) is 1. The average Bonchev–Trinajstić information content (AvgIpc) is 3.15. The molecular formula is C40H39FN4O5S. The Labute approximate surface area is 300 Å². The second kappa shape index (κ2) is 17.4. The highest BCUT2D eigenvalue weighted by molar-refractivity contribution is 8.00. The van der Waals surface area contributed by atoms with Crippen LogP contribution in [0.3, 0.4) is 0 Å². The molecule has 0 fully saturated rings. The summed E-state index contributed by atoms with van der Waals surface area (Å²) in [5.41, 5.74) is 2.90. The van der Waals surface area contributed by atoms with E-state index in [2.05, 4.69) is 57.3 Å². The van der Waals surface area contributed by atoms with E-state index in [1.54, 1.807) is 17.8 Å². The number of esters is 1. The second-order valence-corrected chi connectivity index (χ2v) is 13.1. The molecule has 5 rings (SSSR count). The molecule has 0 spiro atoms. The van der Waals surface area contributed by atoms with Gasteiger partial charge >= 0.3 is 5.97 Å². The fourth-order valence-corrected chi connectivity index (χ4v) is 7.12. The van der Waals surface area contributed by atoms with Gasteiger partial charge in [-0.25, -0.2) is 14.2 Å². The molecule has 51 heavy (non-hydrogen) atoms. The van der Waals surface area contributed by atoms with Crippen molar-refractivity contribution in [2.75, 3.05) is 5.75 Å². The highest BCUT2D eigenvalue weighted by atomic mass is 32.2. The molecule has 1 aromatic heterocycles. The van der Waals surface area contributed by atoms with Crippen molar-refractivity contribution in [1.29, 1.82) is 0 Å². The van der Waals surface area contributed by atoms with Crippen LogP contribution >= 0.6 is 11.8 Å². The summed E-state index contributed by atoms with van der Waals surface area (Å²) in [4.78, 5) is 55.9. The van der Waals surface area contributed by atoms with Crippen LogP contribution in [0.1, 0.15) is 59.6 Å². The molecule has 0 radical (unpaired) electrons. The van der Waals surface area contributed by atoms with Crippen molar-refractivity contribution in [3.63, 3.8) is 0 Å². The van der Waals surface area contributed by atoms with Gasteiger partial charge in [-0.2, -0.15) is 0 Å². The number of carbonyl (C=O) groups is 4. The number of cyclic esters (lactones) is 1. The van der Waals surface area contributed by atoms with Gasteiger partial charge in [-0.3, -0.25) is 14.4 Å². The number of allylic oxidation sites excluding steroid dienone is 2. The Morgan fingerprint density at radius 3 is 2.02 bits per heavy atom. The smallest absolute Gasteiger partial charge is 0.328 e. The zero-order valence-corrected chi connectivity index (χ0v) is 29.1. The Morgan fingerprint density at radius 1 is 0.863 bits per heavy atom. The lowest BCUT2D eigenvalue weighted by Gasteiger charge is -2.35. The quantitative estimate of drug-likeness (QED) is 0.0679. The number of halogens is 1. The van der Waals surface area contributed by atoms with Crippen LogP contribution in [0.25, 0.3) is 0 Å². The van der Waals surface area contributed by atoms with E-state index >= 15 is 0 Å². The maximum atomic E-state index is 14.5. The molecule has 0 aliphatic carbocycles. The number of thioether (sulfide) groups is 1. The van der Waals surface area contributed by atoms with E-state index in [1.807, 2.05) is 60.7 Å². The second-order valence-electron chi connectivity index (χ2n) is 11.8. The molecule has 3 amide bonds. The molecule has 2 heterocycles. The first-order valence-corrected chi connectivity index (χ1v) is 17.6.